The quantitative estimate of drug-likeness (QED) is 0.521. The maximum atomic E-state index is 13.6. The molecule has 134 valence electrons. The van der Waals surface area contributed by atoms with E-state index >= 15 is 0 Å². The van der Waals surface area contributed by atoms with Crippen molar-refractivity contribution in [3.8, 4) is 11.6 Å². The van der Waals surface area contributed by atoms with Crippen LogP contribution in [-0.4, -0.2) is 34.7 Å². The summed E-state index contributed by atoms with van der Waals surface area (Å²) in [4.78, 5) is 12.6. The Morgan fingerprint density at radius 2 is 2.00 bits per heavy atom. The van der Waals surface area contributed by atoms with Gasteiger partial charge in [0.05, 0.1) is 0 Å². The van der Waals surface area contributed by atoms with Gasteiger partial charge in [-0.3, -0.25) is 9.98 Å². The number of nitrogens with zero attached hydrogens (tertiary/aromatic N) is 4. The largest absolute Gasteiger partial charge is 0.356 e. The van der Waals surface area contributed by atoms with Gasteiger partial charge in [-0.1, -0.05) is 29.4 Å². The number of halogens is 1. The monoisotopic (exact) mass is 354 g/mol. The number of nitrogens with one attached hydrogen (secondary N) is 2. The summed E-state index contributed by atoms with van der Waals surface area (Å²) in [5, 5.41) is 10.1. The molecule has 0 bridgehead atoms. The fourth-order valence-corrected chi connectivity index (χ4v) is 2.28. The molecule has 2 N–H and O–H groups in total. The molecule has 3 aromatic rings. The van der Waals surface area contributed by atoms with Gasteiger partial charge in [0.25, 0.3) is 5.89 Å². The molecule has 2 aromatic heterocycles. The second-order valence-corrected chi connectivity index (χ2v) is 5.42. The van der Waals surface area contributed by atoms with Crippen LogP contribution in [0.15, 0.2) is 58.2 Å². The van der Waals surface area contributed by atoms with Gasteiger partial charge in [-0.25, -0.2) is 4.39 Å². The van der Waals surface area contributed by atoms with Crippen molar-refractivity contribution in [1.29, 1.82) is 0 Å². The zero-order valence-corrected chi connectivity index (χ0v) is 14.3. The molecule has 0 radical (unpaired) electrons. The van der Waals surface area contributed by atoms with Gasteiger partial charge in [0.2, 0.25) is 0 Å². The summed E-state index contributed by atoms with van der Waals surface area (Å²) in [6, 6.07) is 12.1. The Hall–Kier alpha value is -3.29. The first-order valence-corrected chi connectivity index (χ1v) is 8.18. The molecule has 26 heavy (non-hydrogen) atoms. The number of rotatable bonds is 6. The van der Waals surface area contributed by atoms with Crippen LogP contribution in [0.5, 0.6) is 0 Å². The predicted molar refractivity (Wildman–Crippen MR) is 95.8 cm³/mol. The highest BCUT2D eigenvalue weighted by molar-refractivity contribution is 5.79. The Balaban J connectivity index is 1.48. The molecule has 0 fully saturated rings. The molecule has 0 atom stereocenters. The van der Waals surface area contributed by atoms with Crippen molar-refractivity contribution in [3.05, 3.63) is 65.9 Å². The maximum absolute atomic E-state index is 13.6. The molecule has 0 aliphatic carbocycles. The topological polar surface area (TPSA) is 88.2 Å². The lowest BCUT2D eigenvalue weighted by Gasteiger charge is -2.11. The van der Waals surface area contributed by atoms with Crippen molar-refractivity contribution in [3.63, 3.8) is 0 Å². The molecular formula is C18H19FN6O. The SMILES string of the molecule is CN=C(NCCc1noc(-c2ccccn2)n1)NCc1ccccc1F. The van der Waals surface area contributed by atoms with Crippen molar-refractivity contribution < 1.29 is 8.91 Å². The summed E-state index contributed by atoms with van der Waals surface area (Å²) >= 11 is 0. The fraction of sp³-hybridized carbons (Fsp3) is 0.222. The minimum absolute atomic E-state index is 0.246. The molecule has 8 heteroatoms. The van der Waals surface area contributed by atoms with Crippen LogP contribution in [0.4, 0.5) is 4.39 Å². The smallest absolute Gasteiger partial charge is 0.276 e. The van der Waals surface area contributed by atoms with Crippen LogP contribution in [0.1, 0.15) is 11.4 Å². The number of aromatic nitrogens is 3. The van der Waals surface area contributed by atoms with E-state index in [1.165, 1.54) is 6.07 Å². The standard InChI is InChI=1S/C18H19FN6O/c1-20-18(23-12-13-6-2-3-7-14(13)19)22-11-9-16-24-17(26-25-16)15-8-4-5-10-21-15/h2-8,10H,9,11-12H2,1H3,(H2,20,22,23). The summed E-state index contributed by atoms with van der Waals surface area (Å²) in [5.74, 6) is 1.29. The van der Waals surface area contributed by atoms with Gasteiger partial charge in [0.1, 0.15) is 11.5 Å². The third-order valence-electron chi connectivity index (χ3n) is 3.62. The summed E-state index contributed by atoms with van der Waals surface area (Å²) in [7, 11) is 1.66. The number of aliphatic imine (C=N–C) groups is 1. The van der Waals surface area contributed by atoms with E-state index in [-0.39, 0.29) is 5.82 Å². The molecule has 2 heterocycles. The van der Waals surface area contributed by atoms with E-state index in [4.69, 9.17) is 4.52 Å². The summed E-state index contributed by atoms with van der Waals surface area (Å²) in [6.45, 7) is 0.899. The molecule has 0 spiro atoms. The molecular weight excluding hydrogens is 335 g/mol. The third kappa shape index (κ3) is 4.62. The number of hydrogen-bond donors (Lipinski definition) is 2. The van der Waals surface area contributed by atoms with Gasteiger partial charge in [0.15, 0.2) is 11.8 Å². The van der Waals surface area contributed by atoms with Crippen molar-refractivity contribution in [2.75, 3.05) is 13.6 Å². The van der Waals surface area contributed by atoms with E-state index in [0.29, 0.717) is 48.4 Å². The first-order chi connectivity index (χ1) is 12.8. The second-order valence-electron chi connectivity index (χ2n) is 5.42. The van der Waals surface area contributed by atoms with Crippen LogP contribution >= 0.6 is 0 Å². The molecule has 0 unspecified atom stereocenters. The minimum Gasteiger partial charge on any atom is -0.356 e. The lowest BCUT2D eigenvalue weighted by Crippen LogP contribution is -2.38. The molecule has 0 amide bonds. The van der Waals surface area contributed by atoms with Crippen molar-refractivity contribution >= 4 is 5.96 Å². The summed E-state index contributed by atoms with van der Waals surface area (Å²) < 4.78 is 18.8. The lowest BCUT2D eigenvalue weighted by molar-refractivity contribution is 0.421. The van der Waals surface area contributed by atoms with E-state index in [1.54, 1.807) is 31.4 Å². The first-order valence-electron chi connectivity index (χ1n) is 8.18. The lowest BCUT2D eigenvalue weighted by atomic mass is 10.2. The average Bonchev–Trinajstić information content (AvgIpc) is 3.15. The van der Waals surface area contributed by atoms with E-state index in [9.17, 15) is 4.39 Å². The number of guanidine groups is 1. The van der Waals surface area contributed by atoms with Crippen molar-refractivity contribution in [1.82, 2.24) is 25.8 Å². The van der Waals surface area contributed by atoms with Crippen LogP contribution in [0, 0.1) is 5.82 Å². The fourth-order valence-electron chi connectivity index (χ4n) is 2.28. The Bertz CT molecular complexity index is 865. The highest BCUT2D eigenvalue weighted by Gasteiger charge is 2.09. The molecule has 0 aliphatic rings. The number of hydrogen-bond acceptors (Lipinski definition) is 5. The summed E-state index contributed by atoms with van der Waals surface area (Å²) in [6.07, 6.45) is 2.22. The van der Waals surface area contributed by atoms with Crippen molar-refractivity contribution in [2.45, 2.75) is 13.0 Å². The van der Waals surface area contributed by atoms with Crippen LogP contribution in [0.25, 0.3) is 11.6 Å². The molecule has 3 rings (SSSR count). The van der Waals surface area contributed by atoms with Gasteiger partial charge in [-0.15, -0.1) is 0 Å². The zero-order chi connectivity index (χ0) is 18.2. The number of benzene rings is 1. The Kier molecular flexibility index (Phi) is 5.87. The Labute approximate surface area is 150 Å². The minimum atomic E-state index is -0.246. The number of pyridine rings is 1. The highest BCUT2D eigenvalue weighted by atomic mass is 19.1. The van der Waals surface area contributed by atoms with Gasteiger partial charge >= 0.3 is 0 Å². The Morgan fingerprint density at radius 1 is 1.15 bits per heavy atom. The van der Waals surface area contributed by atoms with Crippen LogP contribution in [0.3, 0.4) is 0 Å². The first kappa shape index (κ1) is 17.5. The molecule has 7 nitrogen and oxygen atoms in total. The molecule has 0 saturated heterocycles. The van der Waals surface area contributed by atoms with E-state index < -0.39 is 0 Å². The van der Waals surface area contributed by atoms with Crippen LogP contribution in [-0.2, 0) is 13.0 Å². The molecule has 0 aliphatic heterocycles. The van der Waals surface area contributed by atoms with Crippen LogP contribution < -0.4 is 10.6 Å². The summed E-state index contributed by atoms with van der Waals surface area (Å²) in [5.41, 5.74) is 1.22. The van der Waals surface area contributed by atoms with Gasteiger partial charge in [-0.2, -0.15) is 4.98 Å². The van der Waals surface area contributed by atoms with E-state index in [2.05, 4.69) is 30.8 Å². The Morgan fingerprint density at radius 3 is 2.77 bits per heavy atom. The van der Waals surface area contributed by atoms with E-state index in [0.717, 1.165) is 0 Å². The van der Waals surface area contributed by atoms with Crippen LogP contribution in [0.2, 0.25) is 0 Å². The van der Waals surface area contributed by atoms with Crippen molar-refractivity contribution in [2.24, 2.45) is 4.99 Å². The average molecular weight is 354 g/mol. The highest BCUT2D eigenvalue weighted by Crippen LogP contribution is 2.13. The molecule has 0 saturated carbocycles. The zero-order valence-electron chi connectivity index (χ0n) is 14.3. The molecule has 1 aromatic carbocycles. The predicted octanol–water partition coefficient (Wildman–Crippen LogP) is 2.18. The second kappa shape index (κ2) is 8.70. The van der Waals surface area contributed by atoms with Gasteiger partial charge in [0, 0.05) is 38.3 Å². The van der Waals surface area contributed by atoms with E-state index in [1.807, 2.05) is 18.2 Å². The normalized spacial score (nSPS) is 11.4. The van der Waals surface area contributed by atoms with Gasteiger partial charge < -0.3 is 15.2 Å². The maximum Gasteiger partial charge on any atom is 0.276 e. The third-order valence-corrected chi connectivity index (χ3v) is 3.62. The van der Waals surface area contributed by atoms with Gasteiger partial charge in [-0.05, 0) is 18.2 Å².